The third-order valence-electron chi connectivity index (χ3n) is 4.17. The number of hydrogen-bond acceptors (Lipinski definition) is 7. The number of anilines is 1. The maximum atomic E-state index is 12.7. The number of nitrogens with zero attached hydrogens (tertiary/aromatic N) is 1. The molecule has 0 aliphatic heterocycles. The summed E-state index contributed by atoms with van der Waals surface area (Å²) in [5.41, 5.74) is 5.69. The predicted molar refractivity (Wildman–Crippen MR) is 122 cm³/mol. The van der Waals surface area contributed by atoms with Gasteiger partial charge in [-0.05, 0) is 49.6 Å². The van der Waals surface area contributed by atoms with Crippen molar-refractivity contribution in [1.29, 1.82) is 0 Å². The highest BCUT2D eigenvalue weighted by molar-refractivity contribution is 7.92. The number of carbonyl (C=O) groups excluding carboxylic acids is 2. The number of rotatable bonds is 6. The third kappa shape index (κ3) is 5.93. The van der Waals surface area contributed by atoms with Gasteiger partial charge < -0.3 is 0 Å². The first kappa shape index (κ1) is 23.0. The van der Waals surface area contributed by atoms with Gasteiger partial charge in [-0.25, -0.2) is 18.6 Å². The van der Waals surface area contributed by atoms with Gasteiger partial charge in [0, 0.05) is 0 Å². The molecule has 0 aliphatic carbocycles. The van der Waals surface area contributed by atoms with Crippen LogP contribution in [0.2, 0.25) is 0 Å². The minimum Gasteiger partial charge on any atom is -0.296 e. The van der Waals surface area contributed by atoms with Crippen LogP contribution in [0.25, 0.3) is 0 Å². The van der Waals surface area contributed by atoms with E-state index in [9.17, 15) is 18.0 Å². The van der Waals surface area contributed by atoms with Crippen molar-refractivity contribution in [3.05, 3.63) is 82.0 Å². The highest BCUT2D eigenvalue weighted by atomic mass is 32.2. The fraction of sp³-hybridized carbons (Fsp3) is 0.0952. The number of sulfonamides is 1. The first-order chi connectivity index (χ1) is 15.3. The second-order valence-corrected chi connectivity index (χ2v) is 9.21. The van der Waals surface area contributed by atoms with Crippen LogP contribution >= 0.6 is 11.3 Å². The molecule has 3 N–H and O–H groups in total. The van der Waals surface area contributed by atoms with Crippen molar-refractivity contribution in [1.82, 2.24) is 10.9 Å². The number of nitrogens with one attached hydrogen (secondary N) is 3. The summed E-state index contributed by atoms with van der Waals surface area (Å²) < 4.78 is 27.7. The summed E-state index contributed by atoms with van der Waals surface area (Å²) >= 11 is 1.43. The van der Waals surface area contributed by atoms with Crippen molar-refractivity contribution in [3.8, 4) is 0 Å². The van der Waals surface area contributed by atoms with Crippen molar-refractivity contribution >= 4 is 44.8 Å². The Morgan fingerprint density at radius 2 is 1.69 bits per heavy atom. The van der Waals surface area contributed by atoms with Crippen LogP contribution in [-0.2, 0) is 14.9 Å². The van der Waals surface area contributed by atoms with Gasteiger partial charge in [-0.3, -0.25) is 19.8 Å². The Bertz CT molecular complexity index is 1240. The Labute approximate surface area is 189 Å². The summed E-state index contributed by atoms with van der Waals surface area (Å²) in [7, 11) is -3.92. The van der Waals surface area contributed by atoms with E-state index in [1.54, 1.807) is 31.2 Å². The largest absolute Gasteiger partial charge is 0.452 e. The van der Waals surface area contributed by atoms with Crippen LogP contribution in [0.5, 0.6) is 0 Å². The Kier molecular flexibility index (Phi) is 7.23. The van der Waals surface area contributed by atoms with Gasteiger partial charge in [0.2, 0.25) is 0 Å². The Morgan fingerprint density at radius 1 is 0.969 bits per heavy atom. The van der Waals surface area contributed by atoms with Crippen molar-refractivity contribution in [2.75, 3.05) is 4.72 Å². The van der Waals surface area contributed by atoms with E-state index in [-0.39, 0.29) is 16.1 Å². The number of hydrogen-bond donors (Lipinski definition) is 3. The molecule has 3 aromatic rings. The molecule has 2 amide bonds. The Hall–Kier alpha value is -3.70. The monoisotopic (exact) mass is 472 g/mol. The first-order valence-electron chi connectivity index (χ1n) is 9.30. The number of aryl methyl sites for hydroxylation is 1. The highest BCUT2D eigenvalue weighted by Crippen LogP contribution is 2.20. The lowest BCUT2D eigenvalue weighted by Gasteiger charge is -2.13. The number of benzene rings is 2. The van der Waals surface area contributed by atoms with Gasteiger partial charge in [0.1, 0.15) is 0 Å². The minimum absolute atomic E-state index is 0.00162. The zero-order valence-electron chi connectivity index (χ0n) is 17.2. The van der Waals surface area contributed by atoms with E-state index in [0.29, 0.717) is 5.71 Å². The number of amides is 2. The number of hydrazine groups is 1. The molecule has 1 heterocycles. The fourth-order valence-corrected chi connectivity index (χ4v) is 4.28. The molecule has 0 aliphatic rings. The van der Waals surface area contributed by atoms with Gasteiger partial charge in [0.25, 0.3) is 15.9 Å². The molecule has 0 fully saturated rings. The highest BCUT2D eigenvalue weighted by Gasteiger charge is 2.19. The van der Waals surface area contributed by atoms with E-state index in [1.807, 2.05) is 24.4 Å². The molecule has 2 aromatic carbocycles. The molecule has 0 atom stereocenters. The lowest BCUT2D eigenvalue weighted by atomic mass is 10.2. The molecule has 0 saturated carbocycles. The molecular weight excluding hydrogens is 452 g/mol. The van der Waals surface area contributed by atoms with Gasteiger partial charge in [-0.1, -0.05) is 41.1 Å². The number of oxime groups is 1. The molecule has 0 spiro atoms. The summed E-state index contributed by atoms with van der Waals surface area (Å²) in [6.45, 7) is 3.52. The summed E-state index contributed by atoms with van der Waals surface area (Å²) in [4.78, 5) is 29.9. The van der Waals surface area contributed by atoms with Crippen LogP contribution in [-0.4, -0.2) is 26.1 Å². The molecule has 11 heteroatoms. The van der Waals surface area contributed by atoms with Crippen molar-refractivity contribution < 1.29 is 22.8 Å². The average molecular weight is 473 g/mol. The predicted octanol–water partition coefficient (Wildman–Crippen LogP) is 3.65. The zero-order chi connectivity index (χ0) is 23.1. The zero-order valence-corrected chi connectivity index (χ0v) is 18.8. The lowest BCUT2D eigenvalue weighted by Crippen LogP contribution is -2.41. The third-order valence-corrected chi connectivity index (χ3v) is 6.53. The van der Waals surface area contributed by atoms with E-state index in [4.69, 9.17) is 4.84 Å². The second kappa shape index (κ2) is 10.1. The SMILES string of the molecule is C/C(=N\OC(=O)NNC(=O)c1ccccc1NS(=O)(=O)c1ccc(C)cc1)c1cccs1. The summed E-state index contributed by atoms with van der Waals surface area (Å²) in [5, 5.41) is 5.56. The van der Waals surface area contributed by atoms with Crippen molar-refractivity contribution in [3.63, 3.8) is 0 Å². The molecule has 166 valence electrons. The number of carbonyl (C=O) groups is 2. The summed E-state index contributed by atoms with van der Waals surface area (Å²) in [6.07, 6.45) is -1.01. The molecule has 1 aromatic heterocycles. The fourth-order valence-electron chi connectivity index (χ4n) is 2.53. The average Bonchev–Trinajstić information content (AvgIpc) is 3.31. The van der Waals surface area contributed by atoms with Crippen LogP contribution in [0, 0.1) is 6.92 Å². The second-order valence-electron chi connectivity index (χ2n) is 6.58. The van der Waals surface area contributed by atoms with Crippen LogP contribution in [0.4, 0.5) is 10.5 Å². The molecule has 9 nitrogen and oxygen atoms in total. The van der Waals surface area contributed by atoms with E-state index in [0.717, 1.165) is 10.4 Å². The molecular formula is C21H20N4O5S2. The van der Waals surface area contributed by atoms with Gasteiger partial charge in [-0.2, -0.15) is 0 Å². The Balaban J connectivity index is 1.64. The Morgan fingerprint density at radius 3 is 2.38 bits per heavy atom. The van der Waals surface area contributed by atoms with Crippen molar-refractivity contribution in [2.24, 2.45) is 5.16 Å². The normalized spacial score (nSPS) is 11.5. The maximum absolute atomic E-state index is 12.7. The molecule has 32 heavy (non-hydrogen) atoms. The van der Waals surface area contributed by atoms with Crippen LogP contribution in [0.3, 0.4) is 0 Å². The van der Waals surface area contributed by atoms with E-state index in [1.165, 1.54) is 35.6 Å². The maximum Gasteiger partial charge on any atom is 0.452 e. The minimum atomic E-state index is -3.92. The van der Waals surface area contributed by atoms with E-state index in [2.05, 4.69) is 20.7 Å². The van der Waals surface area contributed by atoms with Crippen molar-refractivity contribution in [2.45, 2.75) is 18.7 Å². The topological polar surface area (TPSA) is 126 Å². The van der Waals surface area contributed by atoms with Gasteiger partial charge in [0.05, 0.1) is 26.7 Å². The lowest BCUT2D eigenvalue weighted by molar-refractivity contribution is 0.0913. The molecule has 3 rings (SSSR count). The van der Waals surface area contributed by atoms with Crippen LogP contribution in [0.15, 0.2) is 76.1 Å². The van der Waals surface area contributed by atoms with E-state index >= 15 is 0 Å². The smallest absolute Gasteiger partial charge is 0.296 e. The molecule has 0 radical (unpaired) electrons. The van der Waals surface area contributed by atoms with Gasteiger partial charge >= 0.3 is 6.09 Å². The van der Waals surface area contributed by atoms with Gasteiger partial charge in [-0.15, -0.1) is 11.3 Å². The molecule has 0 unspecified atom stereocenters. The summed E-state index contributed by atoms with van der Waals surface area (Å²) in [5.74, 6) is -0.747. The first-order valence-corrected chi connectivity index (χ1v) is 11.7. The number of para-hydroxylation sites is 1. The molecule has 0 bridgehead atoms. The standard InChI is InChI=1S/C21H20N4O5S2/c1-14-9-11-16(12-10-14)32(28,29)25-18-7-4-3-6-17(18)20(26)22-23-21(27)30-24-15(2)19-8-5-13-31-19/h3-13,25H,1-2H3,(H,22,26)(H,23,27)/b24-15+. The summed E-state index contributed by atoms with van der Waals surface area (Å²) in [6, 6.07) is 15.9. The molecule has 0 saturated heterocycles. The quantitative estimate of drug-likeness (QED) is 0.287. The van der Waals surface area contributed by atoms with Crippen LogP contribution in [0.1, 0.15) is 27.7 Å². The van der Waals surface area contributed by atoms with E-state index < -0.39 is 22.0 Å². The number of thiophene rings is 1. The van der Waals surface area contributed by atoms with Crippen LogP contribution < -0.4 is 15.6 Å². The van der Waals surface area contributed by atoms with Gasteiger partial charge in [0.15, 0.2) is 0 Å².